The normalized spacial score (nSPS) is 10.6. The fourth-order valence-corrected chi connectivity index (χ4v) is 4.85. The van der Waals surface area contributed by atoms with Crippen molar-refractivity contribution in [3.8, 4) is 28.8 Å². The second-order valence-electron chi connectivity index (χ2n) is 7.43. The summed E-state index contributed by atoms with van der Waals surface area (Å²) in [5.74, 6) is 0.611. The second-order valence-corrected chi connectivity index (χ2v) is 9.88. The number of methoxy groups -OCH3 is 1. The summed E-state index contributed by atoms with van der Waals surface area (Å²) in [6.07, 6.45) is 1.51. The molecule has 0 aliphatic heterocycles. The summed E-state index contributed by atoms with van der Waals surface area (Å²) in [7, 11) is 1.51. The molecule has 186 valence electrons. The number of nitrogens with one attached hydrogen (secondary N) is 2. The van der Waals surface area contributed by atoms with E-state index >= 15 is 0 Å². The number of nitrogens with zero attached hydrogens (tertiary/aromatic N) is 3. The molecule has 11 heteroatoms. The number of carbonyl (C=O) groups is 1. The average Bonchev–Trinajstić information content (AvgIpc) is 3.37. The molecule has 4 rings (SSSR count). The van der Waals surface area contributed by atoms with Crippen LogP contribution in [-0.4, -0.2) is 30.8 Å². The van der Waals surface area contributed by atoms with Gasteiger partial charge in [-0.25, -0.2) is 10.4 Å². The molecular formula is C26H19ClIN5O3S. The Hall–Kier alpha value is -3.66. The maximum Gasteiger partial charge on any atom is 0.271 e. The number of amides is 1. The van der Waals surface area contributed by atoms with E-state index in [2.05, 4.69) is 43.4 Å². The molecule has 0 spiro atoms. The summed E-state index contributed by atoms with van der Waals surface area (Å²) in [4.78, 5) is 17.2. The molecule has 1 amide bonds. The first kappa shape index (κ1) is 26.4. The Morgan fingerprint density at radius 2 is 1.97 bits per heavy atom. The zero-order chi connectivity index (χ0) is 26.2. The number of thiazole rings is 1. The highest BCUT2D eigenvalue weighted by atomic mass is 127. The average molecular weight is 644 g/mol. The highest BCUT2D eigenvalue weighted by Crippen LogP contribution is 2.33. The fraction of sp³-hybridized carbons (Fsp3) is 0.0769. The molecule has 0 saturated heterocycles. The zero-order valence-corrected chi connectivity index (χ0v) is 23.1. The van der Waals surface area contributed by atoms with Gasteiger partial charge < -0.3 is 14.8 Å². The minimum absolute atomic E-state index is 0.0847. The Bertz CT molecular complexity index is 1470. The third kappa shape index (κ3) is 6.97. The number of rotatable bonds is 9. The number of carbonyl (C=O) groups excluding carboxylic acids is 1. The molecule has 1 aromatic heterocycles. The Kier molecular flexibility index (Phi) is 8.95. The number of halogens is 2. The number of hydrazone groups is 1. The summed E-state index contributed by atoms with van der Waals surface area (Å²) >= 11 is 9.51. The molecule has 37 heavy (non-hydrogen) atoms. The highest BCUT2D eigenvalue weighted by Gasteiger charge is 2.12. The van der Waals surface area contributed by atoms with Crippen LogP contribution in [0.15, 0.2) is 71.1 Å². The number of benzene rings is 3. The minimum Gasteiger partial charge on any atom is -0.493 e. The van der Waals surface area contributed by atoms with Crippen molar-refractivity contribution >= 4 is 68.5 Å². The van der Waals surface area contributed by atoms with E-state index in [-0.39, 0.29) is 12.5 Å². The van der Waals surface area contributed by atoms with Crippen molar-refractivity contribution in [3.63, 3.8) is 0 Å². The van der Waals surface area contributed by atoms with Crippen LogP contribution in [0.1, 0.15) is 15.9 Å². The summed E-state index contributed by atoms with van der Waals surface area (Å²) < 4.78 is 11.5. The third-order valence-corrected chi connectivity index (χ3v) is 6.77. The highest BCUT2D eigenvalue weighted by molar-refractivity contribution is 14.1. The number of nitriles is 1. The van der Waals surface area contributed by atoms with Crippen LogP contribution in [0.4, 0.5) is 10.8 Å². The van der Waals surface area contributed by atoms with Crippen molar-refractivity contribution in [2.45, 2.75) is 0 Å². The molecule has 1 heterocycles. The topological polar surface area (TPSA) is 109 Å². The van der Waals surface area contributed by atoms with Gasteiger partial charge in [0.1, 0.15) is 6.07 Å². The van der Waals surface area contributed by atoms with Gasteiger partial charge in [-0.3, -0.25) is 4.79 Å². The lowest BCUT2D eigenvalue weighted by atomic mass is 10.1. The van der Waals surface area contributed by atoms with E-state index in [9.17, 15) is 4.79 Å². The van der Waals surface area contributed by atoms with Crippen LogP contribution in [-0.2, 0) is 0 Å². The van der Waals surface area contributed by atoms with Crippen molar-refractivity contribution in [1.82, 2.24) is 10.4 Å². The van der Waals surface area contributed by atoms with Gasteiger partial charge in [-0.15, -0.1) is 11.3 Å². The molecule has 0 unspecified atom stereocenters. The zero-order valence-electron chi connectivity index (χ0n) is 19.4. The van der Waals surface area contributed by atoms with E-state index in [1.54, 1.807) is 18.2 Å². The quantitative estimate of drug-likeness (QED) is 0.123. The van der Waals surface area contributed by atoms with Gasteiger partial charge in [-0.05, 0) is 76.7 Å². The predicted octanol–water partition coefficient (Wildman–Crippen LogP) is 6.49. The van der Waals surface area contributed by atoms with E-state index in [1.165, 1.54) is 24.7 Å². The molecule has 0 bridgehead atoms. The predicted molar refractivity (Wildman–Crippen MR) is 154 cm³/mol. The van der Waals surface area contributed by atoms with Gasteiger partial charge >= 0.3 is 0 Å². The van der Waals surface area contributed by atoms with Crippen molar-refractivity contribution < 1.29 is 14.3 Å². The molecule has 8 nitrogen and oxygen atoms in total. The van der Waals surface area contributed by atoms with Gasteiger partial charge in [0.25, 0.3) is 5.91 Å². The molecule has 0 aliphatic carbocycles. The first-order valence-corrected chi connectivity index (χ1v) is 13.1. The lowest BCUT2D eigenvalue weighted by Crippen LogP contribution is -2.17. The van der Waals surface area contributed by atoms with E-state index in [0.29, 0.717) is 27.6 Å². The van der Waals surface area contributed by atoms with Crippen molar-refractivity contribution in [2.24, 2.45) is 5.10 Å². The molecule has 0 saturated carbocycles. The first-order chi connectivity index (χ1) is 18.0. The SMILES string of the molecule is COc1cc(/C=N\NC(=O)c2ccc(-c3csc(Nc4ccc(Cl)cc4)n3)cc2)cc(I)c1OCC#N. The van der Waals surface area contributed by atoms with Crippen molar-refractivity contribution in [1.29, 1.82) is 5.26 Å². The van der Waals surface area contributed by atoms with Gasteiger partial charge in [0.05, 0.1) is 22.6 Å². The molecule has 4 aromatic rings. The summed E-state index contributed by atoms with van der Waals surface area (Å²) in [6.45, 7) is -0.0847. The van der Waals surface area contributed by atoms with Crippen LogP contribution in [0.2, 0.25) is 5.02 Å². The summed E-state index contributed by atoms with van der Waals surface area (Å²) in [5, 5.41) is 19.4. The van der Waals surface area contributed by atoms with E-state index < -0.39 is 0 Å². The third-order valence-electron chi connectivity index (χ3n) is 4.96. The maximum atomic E-state index is 12.5. The Morgan fingerprint density at radius 3 is 2.68 bits per heavy atom. The largest absolute Gasteiger partial charge is 0.493 e. The van der Waals surface area contributed by atoms with Crippen molar-refractivity contribution in [3.05, 3.63) is 85.8 Å². The van der Waals surface area contributed by atoms with Gasteiger partial charge in [-0.2, -0.15) is 10.4 Å². The minimum atomic E-state index is -0.346. The van der Waals surface area contributed by atoms with E-state index in [4.69, 9.17) is 26.3 Å². The summed E-state index contributed by atoms with van der Waals surface area (Å²) in [5.41, 5.74) is 6.28. The number of aromatic nitrogens is 1. The monoisotopic (exact) mass is 643 g/mol. The number of hydrogen-bond donors (Lipinski definition) is 2. The Morgan fingerprint density at radius 1 is 1.22 bits per heavy atom. The Balaban J connectivity index is 1.37. The van der Waals surface area contributed by atoms with Crippen LogP contribution in [0.5, 0.6) is 11.5 Å². The number of ether oxygens (including phenoxy) is 2. The molecule has 0 radical (unpaired) electrons. The fourth-order valence-electron chi connectivity index (χ4n) is 3.20. The van der Waals surface area contributed by atoms with Gasteiger partial charge in [0.2, 0.25) is 0 Å². The molecule has 0 atom stereocenters. The molecular weight excluding hydrogens is 625 g/mol. The lowest BCUT2D eigenvalue weighted by molar-refractivity contribution is 0.0955. The second kappa shape index (κ2) is 12.5. The first-order valence-electron chi connectivity index (χ1n) is 10.8. The lowest BCUT2D eigenvalue weighted by Gasteiger charge is -2.11. The van der Waals surface area contributed by atoms with Crippen LogP contribution in [0.25, 0.3) is 11.3 Å². The number of hydrogen-bond acceptors (Lipinski definition) is 8. The van der Waals surface area contributed by atoms with Crippen LogP contribution in [0.3, 0.4) is 0 Å². The molecule has 0 fully saturated rings. The van der Waals surface area contributed by atoms with Crippen molar-refractivity contribution in [2.75, 3.05) is 19.0 Å². The van der Waals surface area contributed by atoms with Gasteiger partial charge in [0.15, 0.2) is 23.2 Å². The van der Waals surface area contributed by atoms with Crippen LogP contribution < -0.4 is 20.2 Å². The summed E-state index contributed by atoms with van der Waals surface area (Å²) in [6, 6.07) is 20.0. The van der Waals surface area contributed by atoms with Crippen LogP contribution >= 0.6 is 45.5 Å². The molecule has 0 aliphatic rings. The van der Waals surface area contributed by atoms with Gasteiger partial charge in [-0.1, -0.05) is 23.7 Å². The Labute approximate surface area is 236 Å². The maximum absolute atomic E-state index is 12.5. The number of anilines is 2. The molecule has 2 N–H and O–H groups in total. The smallest absolute Gasteiger partial charge is 0.271 e. The van der Waals surface area contributed by atoms with E-state index in [0.717, 1.165) is 25.6 Å². The van der Waals surface area contributed by atoms with Crippen LogP contribution in [0, 0.1) is 14.9 Å². The van der Waals surface area contributed by atoms with Gasteiger partial charge in [0, 0.05) is 27.2 Å². The standard InChI is InChI=1S/C26H19ClIN5O3S/c1-35-23-13-16(12-21(28)24(23)36-11-10-29)14-30-33-25(34)18-4-2-17(3-5-18)22-15-37-26(32-22)31-20-8-6-19(27)7-9-20/h2-9,12-15H,11H2,1H3,(H,31,32)(H,33,34)/b30-14-. The van der Waals surface area contributed by atoms with E-state index in [1.807, 2.05) is 53.9 Å². The molecule has 3 aromatic carbocycles.